The molecule has 2 heteroatoms. The highest BCUT2D eigenvalue weighted by molar-refractivity contribution is 4.78. The van der Waals surface area contributed by atoms with Crippen LogP contribution in [0.2, 0.25) is 0 Å². The third-order valence-electron chi connectivity index (χ3n) is 3.57. The second kappa shape index (κ2) is 5.72. The molecule has 0 heterocycles. The Morgan fingerprint density at radius 3 is 2.29 bits per heavy atom. The van der Waals surface area contributed by atoms with Crippen LogP contribution in [-0.4, -0.2) is 35.7 Å². The predicted octanol–water partition coefficient (Wildman–Crippen LogP) is 2.27. The van der Waals surface area contributed by atoms with Gasteiger partial charge in [-0.05, 0) is 45.6 Å². The van der Waals surface area contributed by atoms with E-state index in [0.717, 1.165) is 12.5 Å². The van der Waals surface area contributed by atoms with Crippen molar-refractivity contribution < 1.29 is 5.11 Å². The van der Waals surface area contributed by atoms with E-state index in [4.69, 9.17) is 0 Å². The lowest BCUT2D eigenvalue weighted by Gasteiger charge is -2.34. The lowest BCUT2D eigenvalue weighted by Crippen LogP contribution is -2.39. The lowest BCUT2D eigenvalue weighted by atomic mass is 9.84. The second-order valence-corrected chi connectivity index (χ2v) is 4.87. The Balaban J connectivity index is 2.26. The summed E-state index contributed by atoms with van der Waals surface area (Å²) in [6.45, 7) is 4.99. The number of likely N-dealkylation sites (N-methyl/N-ethyl adjacent to an activating group) is 1. The molecule has 0 saturated heterocycles. The van der Waals surface area contributed by atoms with Gasteiger partial charge in [-0.15, -0.1) is 0 Å². The molecule has 0 bridgehead atoms. The Morgan fingerprint density at radius 1 is 1.29 bits per heavy atom. The summed E-state index contributed by atoms with van der Waals surface area (Å²) in [4.78, 5) is 2.33. The quantitative estimate of drug-likeness (QED) is 0.751. The molecule has 1 saturated carbocycles. The van der Waals surface area contributed by atoms with Gasteiger partial charge in [0.25, 0.3) is 0 Å². The third kappa shape index (κ3) is 3.58. The van der Waals surface area contributed by atoms with Crippen LogP contribution in [0.1, 0.15) is 46.0 Å². The van der Waals surface area contributed by atoms with Crippen LogP contribution in [0.5, 0.6) is 0 Å². The average molecular weight is 199 g/mol. The first-order chi connectivity index (χ1) is 6.63. The van der Waals surface area contributed by atoms with Gasteiger partial charge in [0, 0.05) is 12.6 Å². The van der Waals surface area contributed by atoms with Crippen molar-refractivity contribution in [3.05, 3.63) is 0 Å². The molecule has 84 valence electrons. The zero-order valence-corrected chi connectivity index (χ0v) is 9.87. The summed E-state index contributed by atoms with van der Waals surface area (Å²) < 4.78 is 0. The van der Waals surface area contributed by atoms with E-state index >= 15 is 0 Å². The van der Waals surface area contributed by atoms with Crippen LogP contribution in [0, 0.1) is 5.92 Å². The van der Waals surface area contributed by atoms with E-state index in [0.29, 0.717) is 6.04 Å². The summed E-state index contributed by atoms with van der Waals surface area (Å²) in [5.41, 5.74) is 0. The molecular formula is C12H25NO. The van der Waals surface area contributed by atoms with Crippen LogP contribution in [-0.2, 0) is 0 Å². The molecule has 1 rings (SSSR count). The van der Waals surface area contributed by atoms with Gasteiger partial charge in [-0.3, -0.25) is 0 Å². The molecule has 1 aliphatic carbocycles. The minimum atomic E-state index is -0.191. The molecule has 0 spiro atoms. The third-order valence-corrected chi connectivity index (χ3v) is 3.57. The van der Waals surface area contributed by atoms with Crippen LogP contribution in [0.3, 0.4) is 0 Å². The fourth-order valence-electron chi connectivity index (χ4n) is 2.56. The Hall–Kier alpha value is -0.0800. The molecule has 1 N–H and O–H groups in total. The number of rotatable bonds is 4. The summed E-state index contributed by atoms with van der Waals surface area (Å²) in [5.74, 6) is 0.964. The van der Waals surface area contributed by atoms with Gasteiger partial charge in [-0.25, -0.2) is 0 Å². The first-order valence-corrected chi connectivity index (χ1v) is 6.01. The molecule has 0 amide bonds. The summed E-state index contributed by atoms with van der Waals surface area (Å²) in [6, 6.07) is 0.715. The summed E-state index contributed by atoms with van der Waals surface area (Å²) in [7, 11) is 2.14. The molecule has 0 radical (unpaired) electrons. The minimum Gasteiger partial charge on any atom is -0.392 e. The fraction of sp³-hybridized carbons (Fsp3) is 1.00. The number of hydrogen-bond donors (Lipinski definition) is 1. The smallest absolute Gasteiger partial charge is 0.0639 e. The zero-order chi connectivity index (χ0) is 10.6. The highest BCUT2D eigenvalue weighted by Gasteiger charge is 2.23. The average Bonchev–Trinajstić information content (AvgIpc) is 2.17. The molecule has 0 aromatic rings. The molecule has 14 heavy (non-hydrogen) atoms. The van der Waals surface area contributed by atoms with E-state index in [-0.39, 0.29) is 6.10 Å². The first-order valence-electron chi connectivity index (χ1n) is 6.01. The Kier molecular flexibility index (Phi) is 4.90. The van der Waals surface area contributed by atoms with Gasteiger partial charge in [-0.1, -0.05) is 13.3 Å². The minimum absolute atomic E-state index is 0.191. The SMILES string of the molecule is CCC1CCC(N(C)CC(C)O)CC1. The van der Waals surface area contributed by atoms with Crippen LogP contribution < -0.4 is 0 Å². The Bertz CT molecular complexity index is 150. The van der Waals surface area contributed by atoms with Crippen molar-refractivity contribution in [2.24, 2.45) is 5.92 Å². The molecule has 2 nitrogen and oxygen atoms in total. The molecule has 0 aromatic carbocycles. The summed E-state index contributed by atoms with van der Waals surface area (Å²) >= 11 is 0. The van der Waals surface area contributed by atoms with E-state index < -0.39 is 0 Å². The second-order valence-electron chi connectivity index (χ2n) is 4.87. The van der Waals surface area contributed by atoms with Crippen LogP contribution >= 0.6 is 0 Å². The van der Waals surface area contributed by atoms with Gasteiger partial charge in [0.15, 0.2) is 0 Å². The van der Waals surface area contributed by atoms with Gasteiger partial charge >= 0.3 is 0 Å². The van der Waals surface area contributed by atoms with Crippen molar-refractivity contribution in [3.8, 4) is 0 Å². The van der Waals surface area contributed by atoms with E-state index in [9.17, 15) is 5.11 Å². The molecule has 1 unspecified atom stereocenters. The monoisotopic (exact) mass is 199 g/mol. The zero-order valence-electron chi connectivity index (χ0n) is 9.87. The van der Waals surface area contributed by atoms with Gasteiger partial charge in [0.05, 0.1) is 6.10 Å². The van der Waals surface area contributed by atoms with E-state index in [1.807, 2.05) is 6.92 Å². The van der Waals surface area contributed by atoms with Gasteiger partial charge in [0.1, 0.15) is 0 Å². The van der Waals surface area contributed by atoms with Crippen molar-refractivity contribution >= 4 is 0 Å². The summed E-state index contributed by atoms with van der Waals surface area (Å²) in [5, 5.41) is 9.31. The van der Waals surface area contributed by atoms with Gasteiger partial charge < -0.3 is 10.0 Å². The van der Waals surface area contributed by atoms with Crippen LogP contribution in [0.25, 0.3) is 0 Å². The highest BCUT2D eigenvalue weighted by atomic mass is 16.3. The molecule has 1 fully saturated rings. The molecular weight excluding hydrogens is 174 g/mol. The van der Waals surface area contributed by atoms with Crippen molar-refractivity contribution in [3.63, 3.8) is 0 Å². The number of aliphatic hydroxyl groups excluding tert-OH is 1. The fourth-order valence-corrected chi connectivity index (χ4v) is 2.56. The van der Waals surface area contributed by atoms with E-state index in [1.54, 1.807) is 0 Å². The first kappa shape index (κ1) is 12.0. The molecule has 1 aliphatic rings. The van der Waals surface area contributed by atoms with Crippen molar-refractivity contribution in [1.82, 2.24) is 4.90 Å². The van der Waals surface area contributed by atoms with Gasteiger partial charge in [0.2, 0.25) is 0 Å². The topological polar surface area (TPSA) is 23.5 Å². The molecule has 1 atom stereocenters. The molecule has 0 aliphatic heterocycles. The van der Waals surface area contributed by atoms with Crippen LogP contribution in [0.4, 0.5) is 0 Å². The number of aliphatic hydroxyl groups is 1. The van der Waals surface area contributed by atoms with E-state index in [1.165, 1.54) is 32.1 Å². The largest absolute Gasteiger partial charge is 0.392 e. The Morgan fingerprint density at radius 2 is 1.86 bits per heavy atom. The maximum atomic E-state index is 9.31. The highest BCUT2D eigenvalue weighted by Crippen LogP contribution is 2.28. The van der Waals surface area contributed by atoms with Crippen molar-refractivity contribution in [2.45, 2.75) is 58.1 Å². The lowest BCUT2D eigenvalue weighted by molar-refractivity contribution is 0.0939. The Labute approximate surface area is 88.3 Å². The standard InChI is InChI=1S/C12H25NO/c1-4-11-5-7-12(8-6-11)13(3)9-10(2)14/h10-12,14H,4-9H2,1-3H3. The van der Waals surface area contributed by atoms with Gasteiger partial charge in [-0.2, -0.15) is 0 Å². The number of hydrogen-bond acceptors (Lipinski definition) is 2. The van der Waals surface area contributed by atoms with Crippen molar-refractivity contribution in [1.29, 1.82) is 0 Å². The normalized spacial score (nSPS) is 30.6. The number of nitrogens with zero attached hydrogens (tertiary/aromatic N) is 1. The van der Waals surface area contributed by atoms with E-state index in [2.05, 4.69) is 18.9 Å². The van der Waals surface area contributed by atoms with Crippen LogP contribution in [0.15, 0.2) is 0 Å². The predicted molar refractivity (Wildman–Crippen MR) is 60.3 cm³/mol. The maximum absolute atomic E-state index is 9.31. The summed E-state index contributed by atoms with van der Waals surface area (Å²) in [6.07, 6.45) is 6.55. The maximum Gasteiger partial charge on any atom is 0.0639 e. The molecule has 0 aromatic heterocycles. The van der Waals surface area contributed by atoms with Crippen molar-refractivity contribution in [2.75, 3.05) is 13.6 Å².